The zero-order valence-corrected chi connectivity index (χ0v) is 11.0. The summed E-state index contributed by atoms with van der Waals surface area (Å²) in [5.74, 6) is 0. The number of benzene rings is 1. The molecular weight excluding hydrogens is 210 g/mol. The van der Waals surface area contributed by atoms with E-state index < -0.39 is 0 Å². The molecule has 0 aliphatic heterocycles. The maximum absolute atomic E-state index is 9.09. The first kappa shape index (κ1) is 13.5. The fraction of sp³-hybridized carbons (Fsp3) is 0.500. The van der Waals surface area contributed by atoms with Crippen LogP contribution < -0.4 is 4.90 Å². The lowest BCUT2D eigenvalue weighted by atomic mass is 10.1. The fourth-order valence-corrected chi connectivity index (χ4v) is 1.87. The van der Waals surface area contributed by atoms with Gasteiger partial charge in [0.1, 0.15) is 6.07 Å². The number of nitrogens with zero attached hydrogens (tertiary/aromatic N) is 3. The molecule has 1 aromatic carbocycles. The van der Waals surface area contributed by atoms with Crippen molar-refractivity contribution in [1.29, 1.82) is 5.26 Å². The van der Waals surface area contributed by atoms with E-state index in [9.17, 15) is 0 Å². The Balaban J connectivity index is 2.70. The van der Waals surface area contributed by atoms with Crippen LogP contribution in [-0.4, -0.2) is 38.6 Å². The molecule has 3 heteroatoms. The van der Waals surface area contributed by atoms with Gasteiger partial charge in [-0.15, -0.1) is 0 Å². The van der Waals surface area contributed by atoms with Crippen molar-refractivity contribution in [2.24, 2.45) is 0 Å². The van der Waals surface area contributed by atoms with Gasteiger partial charge in [0.05, 0.1) is 11.3 Å². The predicted molar refractivity (Wildman–Crippen MR) is 72.2 cm³/mol. The molecule has 0 radical (unpaired) electrons. The molecule has 0 spiro atoms. The van der Waals surface area contributed by atoms with Crippen LogP contribution in [-0.2, 0) is 0 Å². The van der Waals surface area contributed by atoms with Crippen molar-refractivity contribution < 1.29 is 0 Å². The maximum atomic E-state index is 9.09. The summed E-state index contributed by atoms with van der Waals surface area (Å²) in [5.41, 5.74) is 1.82. The van der Waals surface area contributed by atoms with Crippen LogP contribution in [0.1, 0.15) is 18.9 Å². The van der Waals surface area contributed by atoms with Gasteiger partial charge in [0.15, 0.2) is 0 Å². The molecule has 0 saturated heterocycles. The highest BCUT2D eigenvalue weighted by Crippen LogP contribution is 2.19. The molecule has 0 heterocycles. The fourth-order valence-electron chi connectivity index (χ4n) is 1.87. The van der Waals surface area contributed by atoms with Gasteiger partial charge in [-0.1, -0.05) is 12.1 Å². The lowest BCUT2D eigenvalue weighted by Gasteiger charge is -2.24. The minimum atomic E-state index is 0.763. The zero-order valence-electron chi connectivity index (χ0n) is 11.0. The van der Waals surface area contributed by atoms with Crippen molar-refractivity contribution in [2.45, 2.75) is 13.3 Å². The van der Waals surface area contributed by atoms with Crippen molar-refractivity contribution >= 4 is 5.69 Å². The van der Waals surface area contributed by atoms with Gasteiger partial charge >= 0.3 is 0 Å². The Morgan fingerprint density at radius 1 is 1.18 bits per heavy atom. The lowest BCUT2D eigenvalue weighted by molar-refractivity contribution is 0.400. The molecule has 0 fully saturated rings. The third kappa shape index (κ3) is 4.08. The van der Waals surface area contributed by atoms with E-state index in [2.05, 4.69) is 36.9 Å². The number of hydrogen-bond acceptors (Lipinski definition) is 3. The smallest absolute Gasteiger partial charge is 0.101 e. The van der Waals surface area contributed by atoms with E-state index in [-0.39, 0.29) is 0 Å². The van der Waals surface area contributed by atoms with E-state index in [4.69, 9.17) is 5.26 Å². The topological polar surface area (TPSA) is 30.3 Å². The van der Waals surface area contributed by atoms with Crippen molar-refractivity contribution in [3.05, 3.63) is 29.8 Å². The van der Waals surface area contributed by atoms with Crippen molar-refractivity contribution in [3.63, 3.8) is 0 Å². The van der Waals surface area contributed by atoms with E-state index in [1.54, 1.807) is 0 Å². The summed E-state index contributed by atoms with van der Waals surface area (Å²) < 4.78 is 0. The normalized spacial score (nSPS) is 10.3. The molecule has 0 aliphatic carbocycles. The summed E-state index contributed by atoms with van der Waals surface area (Å²) in [4.78, 5) is 4.45. The van der Waals surface area contributed by atoms with Crippen LogP contribution in [0.3, 0.4) is 0 Å². The van der Waals surface area contributed by atoms with Crippen LogP contribution in [0.2, 0.25) is 0 Å². The first-order valence-electron chi connectivity index (χ1n) is 6.07. The van der Waals surface area contributed by atoms with Gasteiger partial charge in [0, 0.05) is 13.1 Å². The molecule has 17 heavy (non-hydrogen) atoms. The number of hydrogen-bond donors (Lipinski definition) is 0. The van der Waals surface area contributed by atoms with Gasteiger partial charge in [-0.05, 0) is 46.1 Å². The molecule has 0 aromatic heterocycles. The summed E-state index contributed by atoms with van der Waals surface area (Å²) >= 11 is 0. The summed E-state index contributed by atoms with van der Waals surface area (Å²) in [6.45, 7) is 5.13. The van der Waals surface area contributed by atoms with Crippen molar-refractivity contribution in [1.82, 2.24) is 4.90 Å². The number of anilines is 1. The molecule has 0 unspecified atom stereocenters. The average Bonchev–Trinajstić information content (AvgIpc) is 2.34. The molecular formula is C14H21N3. The van der Waals surface area contributed by atoms with Gasteiger partial charge in [-0.25, -0.2) is 0 Å². The van der Waals surface area contributed by atoms with Gasteiger partial charge in [0.2, 0.25) is 0 Å². The standard InChI is InChI=1S/C14H21N3/c1-4-17(11-7-10-16(2)3)14-9-6-5-8-13(14)12-15/h5-6,8-9H,4,7,10-11H2,1-3H3. The monoisotopic (exact) mass is 231 g/mol. The molecule has 1 rings (SSSR count). The van der Waals surface area contributed by atoms with Gasteiger partial charge < -0.3 is 9.80 Å². The second kappa shape index (κ2) is 6.93. The molecule has 1 aromatic rings. The maximum Gasteiger partial charge on any atom is 0.101 e. The van der Waals surface area contributed by atoms with E-state index >= 15 is 0 Å². The quantitative estimate of drug-likeness (QED) is 0.753. The summed E-state index contributed by atoms with van der Waals surface area (Å²) in [6.07, 6.45) is 1.11. The van der Waals surface area contributed by atoms with Crippen LogP contribution >= 0.6 is 0 Å². The SMILES string of the molecule is CCN(CCCN(C)C)c1ccccc1C#N. The highest BCUT2D eigenvalue weighted by molar-refractivity contribution is 5.59. The second-order valence-electron chi connectivity index (χ2n) is 4.37. The van der Waals surface area contributed by atoms with Gasteiger partial charge in [-0.3, -0.25) is 0 Å². The first-order valence-corrected chi connectivity index (χ1v) is 6.07. The largest absolute Gasteiger partial charge is 0.371 e. The van der Waals surface area contributed by atoms with Crippen LogP contribution in [0.25, 0.3) is 0 Å². The minimum Gasteiger partial charge on any atom is -0.371 e. The third-order valence-electron chi connectivity index (χ3n) is 2.78. The Hall–Kier alpha value is -1.53. The highest BCUT2D eigenvalue weighted by atomic mass is 15.1. The van der Waals surface area contributed by atoms with E-state index in [1.165, 1.54) is 0 Å². The minimum absolute atomic E-state index is 0.763. The Kier molecular flexibility index (Phi) is 5.51. The van der Waals surface area contributed by atoms with E-state index in [0.29, 0.717) is 0 Å². The van der Waals surface area contributed by atoms with Crippen molar-refractivity contribution in [2.75, 3.05) is 38.6 Å². The van der Waals surface area contributed by atoms with E-state index in [1.807, 2.05) is 24.3 Å². The summed E-state index contributed by atoms with van der Waals surface area (Å²) in [5, 5.41) is 9.09. The van der Waals surface area contributed by atoms with Gasteiger partial charge in [0.25, 0.3) is 0 Å². The number of rotatable bonds is 6. The molecule has 0 aliphatic rings. The van der Waals surface area contributed by atoms with Crippen LogP contribution in [0.4, 0.5) is 5.69 Å². The van der Waals surface area contributed by atoms with Gasteiger partial charge in [-0.2, -0.15) is 5.26 Å². The molecule has 0 N–H and O–H groups in total. The average molecular weight is 231 g/mol. The molecule has 3 nitrogen and oxygen atoms in total. The lowest BCUT2D eigenvalue weighted by Crippen LogP contribution is -2.27. The molecule has 0 bridgehead atoms. The Morgan fingerprint density at radius 2 is 1.88 bits per heavy atom. The molecule has 0 amide bonds. The van der Waals surface area contributed by atoms with E-state index in [0.717, 1.165) is 37.3 Å². The predicted octanol–water partition coefficient (Wildman–Crippen LogP) is 2.34. The molecule has 0 saturated carbocycles. The zero-order chi connectivity index (χ0) is 12.7. The molecule has 0 atom stereocenters. The molecule has 92 valence electrons. The first-order chi connectivity index (χ1) is 8.19. The van der Waals surface area contributed by atoms with Crippen LogP contribution in [0, 0.1) is 11.3 Å². The number of nitriles is 1. The second-order valence-corrected chi connectivity index (χ2v) is 4.37. The van der Waals surface area contributed by atoms with Crippen LogP contribution in [0.15, 0.2) is 24.3 Å². The number of para-hydroxylation sites is 1. The summed E-state index contributed by atoms with van der Waals surface area (Å²) in [6, 6.07) is 10.1. The Bertz CT molecular complexity index is 379. The third-order valence-corrected chi connectivity index (χ3v) is 2.78. The Morgan fingerprint density at radius 3 is 2.47 bits per heavy atom. The highest BCUT2D eigenvalue weighted by Gasteiger charge is 2.08. The Labute approximate surface area is 104 Å². The van der Waals surface area contributed by atoms with Crippen molar-refractivity contribution in [3.8, 4) is 6.07 Å². The summed E-state index contributed by atoms with van der Waals surface area (Å²) in [7, 11) is 4.17. The van der Waals surface area contributed by atoms with Crippen LogP contribution in [0.5, 0.6) is 0 Å².